The Balaban J connectivity index is 1.87. The minimum absolute atomic E-state index is 0.104. The number of esters is 1. The molecule has 6 heteroatoms. The first-order valence-corrected chi connectivity index (χ1v) is 8.59. The summed E-state index contributed by atoms with van der Waals surface area (Å²) in [4.78, 5) is 25.9. The zero-order chi connectivity index (χ0) is 17.4. The van der Waals surface area contributed by atoms with Crippen LogP contribution in [0.4, 0.5) is 5.69 Å². The number of hydrogen-bond donors (Lipinski definition) is 1. The van der Waals surface area contributed by atoms with Gasteiger partial charge in [0.15, 0.2) is 0 Å². The molecule has 0 aromatic heterocycles. The van der Waals surface area contributed by atoms with Crippen LogP contribution in [0.5, 0.6) is 5.75 Å². The van der Waals surface area contributed by atoms with Gasteiger partial charge in [-0.1, -0.05) is 6.92 Å². The van der Waals surface area contributed by atoms with Crippen molar-refractivity contribution in [2.45, 2.75) is 39.0 Å². The van der Waals surface area contributed by atoms with E-state index in [0.717, 1.165) is 32.4 Å². The second kappa shape index (κ2) is 9.15. The van der Waals surface area contributed by atoms with E-state index >= 15 is 0 Å². The van der Waals surface area contributed by atoms with E-state index < -0.39 is 5.97 Å². The standard InChI is InChI=1S/C18H26N2O4/c1-2-11-24-18(22)14-6-7-15(19)16(13-14)23-12-8-17(21)20-9-4-3-5-10-20/h6-7,13H,2-5,8-12,19H2,1H3. The lowest BCUT2D eigenvalue weighted by Crippen LogP contribution is -2.36. The normalized spacial score (nSPS) is 14.3. The van der Waals surface area contributed by atoms with Gasteiger partial charge in [0.05, 0.1) is 30.9 Å². The summed E-state index contributed by atoms with van der Waals surface area (Å²) < 4.78 is 10.7. The summed E-state index contributed by atoms with van der Waals surface area (Å²) in [5.41, 5.74) is 6.71. The summed E-state index contributed by atoms with van der Waals surface area (Å²) in [6.45, 7) is 4.22. The lowest BCUT2D eigenvalue weighted by atomic mass is 10.1. The Morgan fingerprint density at radius 2 is 1.92 bits per heavy atom. The first-order chi connectivity index (χ1) is 11.6. The number of anilines is 1. The van der Waals surface area contributed by atoms with Gasteiger partial charge in [0.1, 0.15) is 5.75 Å². The monoisotopic (exact) mass is 334 g/mol. The number of nitrogen functional groups attached to an aromatic ring is 1. The molecule has 1 saturated heterocycles. The quantitative estimate of drug-likeness (QED) is 0.612. The second-order valence-electron chi connectivity index (χ2n) is 5.93. The third-order valence-electron chi connectivity index (χ3n) is 3.97. The third-order valence-corrected chi connectivity index (χ3v) is 3.97. The molecule has 2 N–H and O–H groups in total. The number of ether oxygens (including phenoxy) is 2. The largest absolute Gasteiger partial charge is 0.491 e. The number of amides is 1. The van der Waals surface area contributed by atoms with Crippen LogP contribution in [0.25, 0.3) is 0 Å². The number of rotatable bonds is 7. The molecule has 0 spiro atoms. The topological polar surface area (TPSA) is 81.9 Å². The molecule has 0 radical (unpaired) electrons. The Labute approximate surface area is 142 Å². The molecule has 0 bridgehead atoms. The molecule has 0 atom stereocenters. The average Bonchev–Trinajstić information content (AvgIpc) is 2.61. The van der Waals surface area contributed by atoms with Crippen molar-refractivity contribution in [3.8, 4) is 5.75 Å². The maximum atomic E-state index is 12.1. The van der Waals surface area contributed by atoms with Gasteiger partial charge in [-0.15, -0.1) is 0 Å². The Kier molecular flexibility index (Phi) is 6.90. The van der Waals surface area contributed by atoms with E-state index in [0.29, 0.717) is 30.0 Å². The van der Waals surface area contributed by atoms with Crippen molar-refractivity contribution >= 4 is 17.6 Å². The lowest BCUT2D eigenvalue weighted by Gasteiger charge is -2.26. The number of carbonyl (C=O) groups is 2. The van der Waals surface area contributed by atoms with Crippen molar-refractivity contribution in [3.63, 3.8) is 0 Å². The van der Waals surface area contributed by atoms with Gasteiger partial charge in [0.2, 0.25) is 5.91 Å². The van der Waals surface area contributed by atoms with Gasteiger partial charge in [-0.25, -0.2) is 4.79 Å². The number of benzene rings is 1. The maximum Gasteiger partial charge on any atom is 0.338 e. The highest BCUT2D eigenvalue weighted by atomic mass is 16.5. The molecule has 1 aromatic rings. The van der Waals surface area contributed by atoms with Crippen LogP contribution in [0.3, 0.4) is 0 Å². The van der Waals surface area contributed by atoms with Crippen LogP contribution in [0, 0.1) is 0 Å². The predicted octanol–water partition coefficient (Wildman–Crippen LogP) is 2.62. The molecule has 1 aliphatic rings. The fraction of sp³-hybridized carbons (Fsp3) is 0.556. The molecule has 1 amide bonds. The van der Waals surface area contributed by atoms with E-state index in [4.69, 9.17) is 15.2 Å². The molecule has 6 nitrogen and oxygen atoms in total. The molecule has 24 heavy (non-hydrogen) atoms. The molecule has 0 aliphatic carbocycles. The van der Waals surface area contributed by atoms with Crippen LogP contribution < -0.4 is 10.5 Å². The van der Waals surface area contributed by atoms with Gasteiger partial charge >= 0.3 is 5.97 Å². The van der Waals surface area contributed by atoms with Crippen molar-refractivity contribution < 1.29 is 19.1 Å². The summed E-state index contributed by atoms with van der Waals surface area (Å²) in [6, 6.07) is 4.79. The van der Waals surface area contributed by atoms with Crippen LogP contribution in [-0.2, 0) is 9.53 Å². The number of nitrogens with two attached hydrogens (primary N) is 1. The summed E-state index contributed by atoms with van der Waals surface area (Å²) in [7, 11) is 0. The van der Waals surface area contributed by atoms with Crippen molar-refractivity contribution in [2.24, 2.45) is 0 Å². The van der Waals surface area contributed by atoms with Crippen LogP contribution in [0.1, 0.15) is 49.4 Å². The van der Waals surface area contributed by atoms with Crippen LogP contribution >= 0.6 is 0 Å². The van der Waals surface area contributed by atoms with Crippen molar-refractivity contribution in [3.05, 3.63) is 23.8 Å². The Hall–Kier alpha value is -2.24. The molecular weight excluding hydrogens is 308 g/mol. The third kappa shape index (κ3) is 5.15. The zero-order valence-corrected chi connectivity index (χ0v) is 14.3. The maximum absolute atomic E-state index is 12.1. The van der Waals surface area contributed by atoms with Crippen molar-refractivity contribution in [2.75, 3.05) is 32.0 Å². The van der Waals surface area contributed by atoms with Gasteiger partial charge in [-0.05, 0) is 43.9 Å². The predicted molar refractivity (Wildman–Crippen MR) is 92.0 cm³/mol. The molecule has 0 saturated carbocycles. The Bertz CT molecular complexity index is 568. The van der Waals surface area contributed by atoms with Gasteiger partial charge in [0.25, 0.3) is 0 Å². The first-order valence-electron chi connectivity index (χ1n) is 8.59. The van der Waals surface area contributed by atoms with Crippen LogP contribution in [0.15, 0.2) is 18.2 Å². The molecule has 132 valence electrons. The lowest BCUT2D eigenvalue weighted by molar-refractivity contribution is -0.132. The molecule has 1 aromatic carbocycles. The summed E-state index contributed by atoms with van der Waals surface area (Å²) in [5, 5.41) is 0. The number of piperidine rings is 1. The smallest absolute Gasteiger partial charge is 0.338 e. The van der Waals surface area contributed by atoms with E-state index in [1.807, 2.05) is 11.8 Å². The Morgan fingerprint density at radius 1 is 1.17 bits per heavy atom. The highest BCUT2D eigenvalue weighted by Crippen LogP contribution is 2.23. The highest BCUT2D eigenvalue weighted by Gasteiger charge is 2.16. The van der Waals surface area contributed by atoms with E-state index in [-0.39, 0.29) is 12.5 Å². The highest BCUT2D eigenvalue weighted by molar-refractivity contribution is 5.90. The molecule has 2 rings (SSSR count). The first kappa shape index (κ1) is 18.1. The van der Waals surface area contributed by atoms with Crippen molar-refractivity contribution in [1.82, 2.24) is 4.90 Å². The molecule has 1 heterocycles. The van der Waals surface area contributed by atoms with Crippen LogP contribution in [-0.4, -0.2) is 43.1 Å². The second-order valence-corrected chi connectivity index (χ2v) is 5.93. The van der Waals surface area contributed by atoms with Gasteiger partial charge < -0.3 is 20.1 Å². The fourth-order valence-corrected chi connectivity index (χ4v) is 2.61. The van der Waals surface area contributed by atoms with E-state index in [9.17, 15) is 9.59 Å². The molecular formula is C18H26N2O4. The Morgan fingerprint density at radius 3 is 2.62 bits per heavy atom. The van der Waals surface area contributed by atoms with Gasteiger partial charge in [-0.2, -0.15) is 0 Å². The van der Waals surface area contributed by atoms with E-state index in [2.05, 4.69) is 0 Å². The average molecular weight is 334 g/mol. The molecule has 0 unspecified atom stereocenters. The van der Waals surface area contributed by atoms with Gasteiger partial charge in [0, 0.05) is 13.1 Å². The fourth-order valence-electron chi connectivity index (χ4n) is 2.61. The molecule has 1 fully saturated rings. The number of carbonyl (C=O) groups excluding carboxylic acids is 2. The number of hydrogen-bond acceptors (Lipinski definition) is 5. The minimum atomic E-state index is -0.397. The van der Waals surface area contributed by atoms with Crippen LogP contribution in [0.2, 0.25) is 0 Å². The SMILES string of the molecule is CCCOC(=O)c1ccc(N)c(OCCC(=O)N2CCCCC2)c1. The molecule has 1 aliphatic heterocycles. The number of nitrogens with zero attached hydrogens (tertiary/aromatic N) is 1. The van der Waals surface area contributed by atoms with Crippen molar-refractivity contribution in [1.29, 1.82) is 0 Å². The van der Waals surface area contributed by atoms with Gasteiger partial charge in [-0.3, -0.25) is 4.79 Å². The zero-order valence-electron chi connectivity index (χ0n) is 14.3. The van der Waals surface area contributed by atoms with E-state index in [1.165, 1.54) is 6.42 Å². The summed E-state index contributed by atoms with van der Waals surface area (Å²) in [6.07, 6.45) is 4.41. The summed E-state index contributed by atoms with van der Waals surface area (Å²) >= 11 is 0. The number of likely N-dealkylation sites (tertiary alicyclic amines) is 1. The summed E-state index contributed by atoms with van der Waals surface area (Å²) in [5.74, 6) is 0.116. The van der Waals surface area contributed by atoms with E-state index in [1.54, 1.807) is 18.2 Å². The minimum Gasteiger partial charge on any atom is -0.491 e.